The molecule has 1 aliphatic heterocycles. The van der Waals surface area contributed by atoms with E-state index in [1.807, 2.05) is 14.7 Å². The molecular formula is C17H34N4O6. The van der Waals surface area contributed by atoms with E-state index in [1.165, 1.54) is 0 Å². The maximum atomic E-state index is 11.1. The molecule has 158 valence electrons. The van der Waals surface area contributed by atoms with Gasteiger partial charge >= 0.3 is 11.9 Å². The number of carbonyl (C=O) groups is 2. The van der Waals surface area contributed by atoms with Crippen LogP contribution in [0.2, 0.25) is 0 Å². The summed E-state index contributed by atoms with van der Waals surface area (Å²) in [5.41, 5.74) is 0. The van der Waals surface area contributed by atoms with Crippen molar-refractivity contribution in [2.45, 2.75) is 19.6 Å². The Bertz CT molecular complexity index is 419. The highest BCUT2D eigenvalue weighted by Gasteiger charge is 2.19. The second kappa shape index (κ2) is 13.0. The second-order valence-electron chi connectivity index (χ2n) is 6.96. The van der Waals surface area contributed by atoms with Crippen LogP contribution >= 0.6 is 0 Å². The third kappa shape index (κ3) is 11.2. The molecular weight excluding hydrogens is 356 g/mol. The van der Waals surface area contributed by atoms with Crippen molar-refractivity contribution in [1.29, 1.82) is 0 Å². The number of aliphatic hydroxyl groups excluding tert-OH is 1. The molecule has 0 spiro atoms. The van der Waals surface area contributed by atoms with Crippen LogP contribution in [0.15, 0.2) is 0 Å². The third-order valence-electron chi connectivity index (χ3n) is 4.61. The molecule has 0 bridgehead atoms. The normalized spacial score (nSPS) is 20.3. The number of nitrogens with zero attached hydrogens (tertiary/aromatic N) is 4. The van der Waals surface area contributed by atoms with Crippen LogP contribution in [-0.2, 0) is 9.59 Å². The van der Waals surface area contributed by atoms with Crippen LogP contribution in [0, 0.1) is 0 Å². The van der Waals surface area contributed by atoms with E-state index in [9.17, 15) is 19.8 Å². The van der Waals surface area contributed by atoms with Gasteiger partial charge in [-0.15, -0.1) is 0 Å². The number of carboxylic acids is 2. The summed E-state index contributed by atoms with van der Waals surface area (Å²) >= 11 is 0. The first-order valence-corrected chi connectivity index (χ1v) is 9.49. The largest absolute Gasteiger partial charge is 0.480 e. The number of β-amino-alcohol motifs (C(OH)–C–C–N with tert-alkyl or cyclic N) is 2. The molecule has 1 saturated heterocycles. The minimum Gasteiger partial charge on any atom is -0.480 e. The zero-order valence-corrected chi connectivity index (χ0v) is 16.2. The van der Waals surface area contributed by atoms with E-state index in [1.54, 1.807) is 0 Å². The van der Waals surface area contributed by atoms with Crippen molar-refractivity contribution in [3.63, 3.8) is 0 Å². The Labute approximate surface area is 160 Å². The van der Waals surface area contributed by atoms with Gasteiger partial charge in [-0.3, -0.25) is 24.3 Å². The molecule has 0 aliphatic carbocycles. The Morgan fingerprint density at radius 1 is 0.741 bits per heavy atom. The summed E-state index contributed by atoms with van der Waals surface area (Å²) < 4.78 is 0. The van der Waals surface area contributed by atoms with Crippen LogP contribution in [0.1, 0.15) is 13.3 Å². The molecule has 0 unspecified atom stereocenters. The van der Waals surface area contributed by atoms with Crippen LogP contribution in [-0.4, -0.2) is 137 Å². The standard InChI is InChI=1S/C17H34N4O6/c1-2-3-18-4-6-19(12-15(22)23)8-10-21(14-17(26)27)11-9-20(7-5-18)13-16(24)25/h17,26-27H,2-14H2,1H3,(H,22,23)(H,24,25). The van der Waals surface area contributed by atoms with Crippen molar-refractivity contribution in [1.82, 2.24) is 19.6 Å². The van der Waals surface area contributed by atoms with Crippen LogP contribution in [0.4, 0.5) is 0 Å². The van der Waals surface area contributed by atoms with Crippen molar-refractivity contribution >= 4 is 11.9 Å². The molecule has 0 aromatic carbocycles. The molecule has 0 saturated carbocycles. The number of rotatable bonds is 8. The molecule has 1 heterocycles. The first-order valence-electron chi connectivity index (χ1n) is 9.49. The lowest BCUT2D eigenvalue weighted by Crippen LogP contribution is -2.48. The smallest absolute Gasteiger partial charge is 0.317 e. The van der Waals surface area contributed by atoms with Gasteiger partial charge in [0.05, 0.1) is 13.1 Å². The SMILES string of the molecule is CCCN1CCN(CC(=O)O)CCN(CC(O)O)CCN(CC(=O)O)CC1. The van der Waals surface area contributed by atoms with Gasteiger partial charge in [-0.2, -0.15) is 0 Å². The number of hydrogen-bond acceptors (Lipinski definition) is 8. The summed E-state index contributed by atoms with van der Waals surface area (Å²) in [4.78, 5) is 30.1. The van der Waals surface area contributed by atoms with Crippen molar-refractivity contribution in [2.24, 2.45) is 0 Å². The molecule has 1 aliphatic rings. The number of aliphatic hydroxyl groups is 2. The third-order valence-corrected chi connectivity index (χ3v) is 4.61. The van der Waals surface area contributed by atoms with Gasteiger partial charge in [-0.1, -0.05) is 6.92 Å². The predicted molar refractivity (Wildman–Crippen MR) is 99.5 cm³/mol. The molecule has 10 heteroatoms. The molecule has 0 aromatic rings. The zero-order valence-electron chi connectivity index (χ0n) is 16.2. The van der Waals surface area contributed by atoms with E-state index in [4.69, 9.17) is 10.2 Å². The zero-order chi connectivity index (χ0) is 20.2. The summed E-state index contributed by atoms with van der Waals surface area (Å²) in [6, 6.07) is 0. The molecule has 0 aromatic heterocycles. The average Bonchev–Trinajstić information content (AvgIpc) is 2.56. The van der Waals surface area contributed by atoms with E-state index in [-0.39, 0.29) is 19.6 Å². The summed E-state index contributed by atoms with van der Waals surface area (Å²) in [7, 11) is 0. The lowest BCUT2D eigenvalue weighted by molar-refractivity contribution is -0.139. The molecule has 0 atom stereocenters. The fraction of sp³-hybridized carbons (Fsp3) is 0.882. The van der Waals surface area contributed by atoms with Crippen molar-refractivity contribution in [3.05, 3.63) is 0 Å². The second-order valence-corrected chi connectivity index (χ2v) is 6.96. The van der Waals surface area contributed by atoms with Crippen molar-refractivity contribution < 1.29 is 30.0 Å². The monoisotopic (exact) mass is 390 g/mol. The van der Waals surface area contributed by atoms with E-state index in [2.05, 4.69) is 11.8 Å². The topological polar surface area (TPSA) is 128 Å². The Hall–Kier alpha value is -1.30. The first kappa shape index (κ1) is 23.7. The van der Waals surface area contributed by atoms with Crippen LogP contribution in [0.25, 0.3) is 0 Å². The Kier molecular flexibility index (Phi) is 11.4. The van der Waals surface area contributed by atoms with Gasteiger partial charge in [0.2, 0.25) is 0 Å². The maximum absolute atomic E-state index is 11.1. The minimum atomic E-state index is -1.49. The van der Waals surface area contributed by atoms with Gasteiger partial charge in [-0.05, 0) is 13.0 Å². The Balaban J connectivity index is 2.83. The first-order chi connectivity index (χ1) is 12.8. The fourth-order valence-corrected chi connectivity index (χ4v) is 3.23. The fourth-order valence-electron chi connectivity index (χ4n) is 3.23. The Morgan fingerprint density at radius 2 is 1.11 bits per heavy atom. The number of hydrogen-bond donors (Lipinski definition) is 4. The van der Waals surface area contributed by atoms with Gasteiger partial charge in [-0.25, -0.2) is 0 Å². The number of carboxylic acid groups (broad SMARTS) is 2. The van der Waals surface area contributed by atoms with Crippen LogP contribution in [0.5, 0.6) is 0 Å². The summed E-state index contributed by atoms with van der Waals surface area (Å²) in [5, 5.41) is 36.9. The highest BCUT2D eigenvalue weighted by atomic mass is 16.5. The molecule has 0 radical (unpaired) electrons. The molecule has 4 N–H and O–H groups in total. The molecule has 10 nitrogen and oxygen atoms in total. The maximum Gasteiger partial charge on any atom is 0.317 e. The minimum absolute atomic E-state index is 0.0454. The van der Waals surface area contributed by atoms with E-state index >= 15 is 0 Å². The predicted octanol–water partition coefficient (Wildman–Crippen LogP) is -1.90. The van der Waals surface area contributed by atoms with Crippen LogP contribution < -0.4 is 0 Å². The molecule has 0 amide bonds. The van der Waals surface area contributed by atoms with Gasteiger partial charge in [0, 0.05) is 58.9 Å². The van der Waals surface area contributed by atoms with Gasteiger partial charge in [0.1, 0.15) is 0 Å². The summed E-state index contributed by atoms with van der Waals surface area (Å²) in [6.45, 7) is 7.49. The Morgan fingerprint density at radius 3 is 1.44 bits per heavy atom. The average molecular weight is 390 g/mol. The highest BCUT2D eigenvalue weighted by molar-refractivity contribution is 5.69. The number of aliphatic carboxylic acids is 2. The quantitative estimate of drug-likeness (QED) is 0.349. The lowest BCUT2D eigenvalue weighted by atomic mass is 10.3. The molecule has 27 heavy (non-hydrogen) atoms. The van der Waals surface area contributed by atoms with Gasteiger partial charge in [0.25, 0.3) is 0 Å². The van der Waals surface area contributed by atoms with E-state index in [0.29, 0.717) is 52.4 Å². The van der Waals surface area contributed by atoms with Crippen molar-refractivity contribution in [2.75, 3.05) is 78.5 Å². The van der Waals surface area contributed by atoms with Gasteiger partial charge in [0.15, 0.2) is 6.29 Å². The summed E-state index contributed by atoms with van der Waals surface area (Å²) in [6.07, 6.45) is -0.515. The highest BCUT2D eigenvalue weighted by Crippen LogP contribution is 2.02. The van der Waals surface area contributed by atoms with Crippen LogP contribution in [0.3, 0.4) is 0 Å². The lowest BCUT2D eigenvalue weighted by Gasteiger charge is -2.33. The molecule has 1 rings (SSSR count). The summed E-state index contributed by atoms with van der Waals surface area (Å²) in [5.74, 6) is -1.77. The molecule has 1 fully saturated rings. The van der Waals surface area contributed by atoms with E-state index in [0.717, 1.165) is 13.0 Å². The van der Waals surface area contributed by atoms with Crippen molar-refractivity contribution in [3.8, 4) is 0 Å². The van der Waals surface area contributed by atoms with E-state index < -0.39 is 18.2 Å². The van der Waals surface area contributed by atoms with Gasteiger partial charge < -0.3 is 25.3 Å².